The molecule has 0 unspecified atom stereocenters. The fraction of sp³-hybridized carbons (Fsp3) is 0.538. The van der Waals surface area contributed by atoms with Crippen LogP contribution in [0.25, 0.3) is 0 Å². The van der Waals surface area contributed by atoms with Gasteiger partial charge in [0.2, 0.25) is 0 Å². The molecule has 2 heteroatoms. The van der Waals surface area contributed by atoms with Gasteiger partial charge in [-0.15, -0.1) is 0 Å². The molecule has 0 saturated heterocycles. The van der Waals surface area contributed by atoms with Gasteiger partial charge in [-0.25, -0.2) is 0 Å². The van der Waals surface area contributed by atoms with Gasteiger partial charge in [0, 0.05) is 0 Å². The third-order valence-electron chi connectivity index (χ3n) is 2.53. The molecule has 2 nitrogen and oxygen atoms in total. The molecule has 84 valence electrons. The number of ether oxygens (including phenoxy) is 1. The van der Waals surface area contributed by atoms with Crippen LogP contribution in [0.4, 0.5) is 0 Å². The summed E-state index contributed by atoms with van der Waals surface area (Å²) in [6.45, 7) is 1.12. The SMILES string of the molecule is CNCCCCCc1cccc(OC)c1. The number of hydrogen-bond acceptors (Lipinski definition) is 2. The smallest absolute Gasteiger partial charge is 0.119 e. The minimum atomic E-state index is 0.961. The quantitative estimate of drug-likeness (QED) is 0.694. The maximum absolute atomic E-state index is 5.19. The first kappa shape index (κ1) is 12.1. The Bertz CT molecular complexity index is 273. The van der Waals surface area contributed by atoms with E-state index in [0.717, 1.165) is 18.7 Å². The number of unbranched alkanes of at least 4 members (excludes halogenated alkanes) is 2. The van der Waals surface area contributed by atoms with Crippen LogP contribution in [-0.4, -0.2) is 20.7 Å². The third-order valence-corrected chi connectivity index (χ3v) is 2.53. The molecule has 0 aromatic heterocycles. The highest BCUT2D eigenvalue weighted by Gasteiger charge is 1.95. The Morgan fingerprint density at radius 3 is 2.80 bits per heavy atom. The summed E-state index contributed by atoms with van der Waals surface area (Å²) in [5, 5.41) is 3.16. The van der Waals surface area contributed by atoms with Crippen LogP contribution in [0.15, 0.2) is 24.3 Å². The lowest BCUT2D eigenvalue weighted by atomic mass is 10.1. The first-order valence-electron chi connectivity index (χ1n) is 5.64. The second-order valence-electron chi connectivity index (χ2n) is 3.77. The molecular formula is C13H21NO. The molecule has 0 aliphatic heterocycles. The van der Waals surface area contributed by atoms with Gasteiger partial charge in [0.15, 0.2) is 0 Å². The molecule has 15 heavy (non-hydrogen) atoms. The van der Waals surface area contributed by atoms with Crippen molar-refractivity contribution in [2.75, 3.05) is 20.7 Å². The second-order valence-corrected chi connectivity index (χ2v) is 3.77. The fourth-order valence-electron chi connectivity index (χ4n) is 1.64. The van der Waals surface area contributed by atoms with Gasteiger partial charge in [-0.2, -0.15) is 0 Å². The molecule has 0 atom stereocenters. The molecule has 0 aliphatic carbocycles. The highest BCUT2D eigenvalue weighted by Crippen LogP contribution is 2.14. The van der Waals surface area contributed by atoms with Gasteiger partial charge >= 0.3 is 0 Å². The normalized spacial score (nSPS) is 10.3. The number of methoxy groups -OCH3 is 1. The van der Waals surface area contributed by atoms with E-state index in [4.69, 9.17) is 4.74 Å². The Balaban J connectivity index is 2.24. The number of benzene rings is 1. The van der Waals surface area contributed by atoms with Crippen molar-refractivity contribution in [2.24, 2.45) is 0 Å². The molecule has 1 N–H and O–H groups in total. The van der Waals surface area contributed by atoms with Crippen LogP contribution in [0.1, 0.15) is 24.8 Å². The molecule has 0 spiro atoms. The van der Waals surface area contributed by atoms with Crippen molar-refractivity contribution in [3.8, 4) is 5.75 Å². The zero-order valence-corrected chi connectivity index (χ0v) is 9.75. The van der Waals surface area contributed by atoms with Gasteiger partial charge in [0.1, 0.15) is 5.75 Å². The number of aryl methyl sites for hydroxylation is 1. The van der Waals surface area contributed by atoms with Gasteiger partial charge in [-0.3, -0.25) is 0 Å². The van der Waals surface area contributed by atoms with Crippen molar-refractivity contribution >= 4 is 0 Å². The molecule has 0 fully saturated rings. The van der Waals surface area contributed by atoms with Crippen molar-refractivity contribution < 1.29 is 4.74 Å². The van der Waals surface area contributed by atoms with Crippen molar-refractivity contribution in [1.29, 1.82) is 0 Å². The molecule has 0 saturated carbocycles. The maximum atomic E-state index is 5.19. The average Bonchev–Trinajstić information content (AvgIpc) is 2.29. The third kappa shape index (κ3) is 4.84. The van der Waals surface area contributed by atoms with E-state index in [1.165, 1.54) is 24.8 Å². The van der Waals surface area contributed by atoms with E-state index in [9.17, 15) is 0 Å². The first-order chi connectivity index (χ1) is 7.36. The zero-order valence-electron chi connectivity index (χ0n) is 9.75. The van der Waals surface area contributed by atoms with Crippen molar-refractivity contribution in [1.82, 2.24) is 5.32 Å². The maximum Gasteiger partial charge on any atom is 0.119 e. The van der Waals surface area contributed by atoms with E-state index >= 15 is 0 Å². The van der Waals surface area contributed by atoms with Crippen LogP contribution < -0.4 is 10.1 Å². The summed E-state index contributed by atoms with van der Waals surface area (Å²) in [6, 6.07) is 8.34. The van der Waals surface area contributed by atoms with E-state index < -0.39 is 0 Å². The van der Waals surface area contributed by atoms with E-state index in [1.807, 2.05) is 13.1 Å². The molecule has 0 bridgehead atoms. The van der Waals surface area contributed by atoms with Gasteiger partial charge in [-0.05, 0) is 50.6 Å². The lowest BCUT2D eigenvalue weighted by Gasteiger charge is -2.04. The number of rotatable bonds is 7. The number of nitrogens with one attached hydrogen (secondary N) is 1. The van der Waals surface area contributed by atoms with Gasteiger partial charge < -0.3 is 10.1 Å². The predicted octanol–water partition coefficient (Wildman–Crippen LogP) is 2.63. The zero-order chi connectivity index (χ0) is 10.9. The van der Waals surface area contributed by atoms with Crippen molar-refractivity contribution in [3.63, 3.8) is 0 Å². The number of hydrogen-bond donors (Lipinski definition) is 1. The van der Waals surface area contributed by atoms with Gasteiger partial charge in [0.05, 0.1) is 7.11 Å². The van der Waals surface area contributed by atoms with E-state index in [0.29, 0.717) is 0 Å². The van der Waals surface area contributed by atoms with E-state index in [1.54, 1.807) is 7.11 Å². The van der Waals surface area contributed by atoms with Crippen molar-refractivity contribution in [3.05, 3.63) is 29.8 Å². The minimum Gasteiger partial charge on any atom is -0.497 e. The van der Waals surface area contributed by atoms with Crippen LogP contribution in [0.5, 0.6) is 5.75 Å². The lowest BCUT2D eigenvalue weighted by molar-refractivity contribution is 0.414. The molecule has 1 aromatic carbocycles. The standard InChI is InChI=1S/C13H21NO/c1-14-10-5-3-4-7-12-8-6-9-13(11-12)15-2/h6,8-9,11,14H,3-5,7,10H2,1-2H3. The topological polar surface area (TPSA) is 21.3 Å². The summed E-state index contributed by atoms with van der Waals surface area (Å²) < 4.78 is 5.19. The highest BCUT2D eigenvalue weighted by atomic mass is 16.5. The van der Waals surface area contributed by atoms with E-state index in [-0.39, 0.29) is 0 Å². The predicted molar refractivity (Wildman–Crippen MR) is 64.5 cm³/mol. The Morgan fingerprint density at radius 1 is 1.20 bits per heavy atom. The summed E-state index contributed by atoms with van der Waals surface area (Å²) in [5.74, 6) is 0.961. The Hall–Kier alpha value is -1.02. The van der Waals surface area contributed by atoms with Crippen LogP contribution in [0.3, 0.4) is 0 Å². The molecule has 0 aliphatic rings. The molecule has 1 aromatic rings. The molecule has 0 radical (unpaired) electrons. The van der Waals surface area contributed by atoms with Gasteiger partial charge in [0.25, 0.3) is 0 Å². The monoisotopic (exact) mass is 207 g/mol. The molecule has 1 rings (SSSR count). The second kappa shape index (κ2) is 7.30. The fourth-order valence-corrected chi connectivity index (χ4v) is 1.64. The Labute approximate surface area is 92.6 Å². The molecule has 0 amide bonds. The summed E-state index contributed by atoms with van der Waals surface area (Å²) in [7, 11) is 3.72. The Morgan fingerprint density at radius 2 is 2.07 bits per heavy atom. The van der Waals surface area contributed by atoms with E-state index in [2.05, 4.69) is 23.5 Å². The summed E-state index contributed by atoms with van der Waals surface area (Å²) in [4.78, 5) is 0. The largest absolute Gasteiger partial charge is 0.497 e. The molecular weight excluding hydrogens is 186 g/mol. The van der Waals surface area contributed by atoms with Crippen LogP contribution >= 0.6 is 0 Å². The van der Waals surface area contributed by atoms with Crippen LogP contribution in [0, 0.1) is 0 Å². The Kier molecular flexibility index (Phi) is 5.86. The summed E-state index contributed by atoms with van der Waals surface area (Å²) in [6.07, 6.45) is 4.97. The lowest BCUT2D eigenvalue weighted by Crippen LogP contribution is -2.07. The van der Waals surface area contributed by atoms with Crippen molar-refractivity contribution in [2.45, 2.75) is 25.7 Å². The average molecular weight is 207 g/mol. The minimum absolute atomic E-state index is 0.961. The van der Waals surface area contributed by atoms with Crippen LogP contribution in [-0.2, 0) is 6.42 Å². The van der Waals surface area contributed by atoms with Crippen LogP contribution in [0.2, 0.25) is 0 Å². The highest BCUT2D eigenvalue weighted by molar-refractivity contribution is 5.28. The molecule has 0 heterocycles. The summed E-state index contributed by atoms with van der Waals surface area (Å²) >= 11 is 0. The first-order valence-corrected chi connectivity index (χ1v) is 5.64. The van der Waals surface area contributed by atoms with Gasteiger partial charge in [-0.1, -0.05) is 18.6 Å². The summed E-state index contributed by atoms with van der Waals surface area (Å²) in [5.41, 5.74) is 1.37.